The number of hydrogen-bond donors (Lipinski definition) is 0. The molecular weight excluding hydrogens is 394 g/mol. The van der Waals surface area contributed by atoms with Gasteiger partial charge in [0.25, 0.3) is 5.91 Å². The number of aromatic nitrogens is 1. The molecule has 168 valence electrons. The molecule has 1 amide bonds. The van der Waals surface area contributed by atoms with Crippen molar-refractivity contribution in [1.82, 2.24) is 15.0 Å². The van der Waals surface area contributed by atoms with Crippen LogP contribution in [-0.2, 0) is 19.3 Å². The van der Waals surface area contributed by atoms with E-state index in [4.69, 9.17) is 14.0 Å². The highest BCUT2D eigenvalue weighted by Gasteiger charge is 2.32. The SMILES string of the molecule is COc1ccc(CCN(C)C2CCCN(C(=O)c3onc4c3CCCC4)C2)cc1OC. The van der Waals surface area contributed by atoms with Gasteiger partial charge in [0.1, 0.15) is 0 Å². The summed E-state index contributed by atoms with van der Waals surface area (Å²) in [5, 5.41) is 4.16. The number of hydrogen-bond acceptors (Lipinski definition) is 6. The molecule has 4 rings (SSSR count). The molecule has 1 saturated heterocycles. The van der Waals surface area contributed by atoms with E-state index in [0.717, 1.165) is 87.3 Å². The summed E-state index contributed by atoms with van der Waals surface area (Å²) in [6, 6.07) is 6.42. The number of carbonyl (C=O) groups is 1. The Bertz CT molecular complexity index is 910. The molecule has 2 aliphatic rings. The molecule has 0 spiro atoms. The summed E-state index contributed by atoms with van der Waals surface area (Å²) in [5.41, 5.74) is 3.23. The van der Waals surface area contributed by atoms with Gasteiger partial charge in [-0.3, -0.25) is 4.79 Å². The predicted octanol–water partition coefficient (Wildman–Crippen LogP) is 3.35. The second-order valence-corrected chi connectivity index (χ2v) is 8.61. The summed E-state index contributed by atoms with van der Waals surface area (Å²) in [6.07, 6.45) is 7.08. The Morgan fingerprint density at radius 3 is 2.81 bits per heavy atom. The van der Waals surface area contributed by atoms with Gasteiger partial charge in [0.15, 0.2) is 11.5 Å². The number of fused-ring (bicyclic) bond motifs is 1. The number of piperidine rings is 1. The lowest BCUT2D eigenvalue weighted by Gasteiger charge is -2.37. The number of methoxy groups -OCH3 is 2. The molecule has 0 bridgehead atoms. The zero-order chi connectivity index (χ0) is 21.8. The molecule has 1 aromatic heterocycles. The van der Waals surface area contributed by atoms with E-state index in [1.807, 2.05) is 17.0 Å². The number of amides is 1. The molecule has 0 saturated carbocycles. The summed E-state index contributed by atoms with van der Waals surface area (Å²) < 4.78 is 16.2. The monoisotopic (exact) mass is 427 g/mol. The van der Waals surface area contributed by atoms with Gasteiger partial charge in [0.05, 0.1) is 19.9 Å². The molecule has 7 heteroatoms. The number of likely N-dealkylation sites (N-methyl/N-ethyl adjacent to an activating group) is 1. The molecule has 1 fully saturated rings. The van der Waals surface area contributed by atoms with E-state index in [2.05, 4.69) is 23.2 Å². The topological polar surface area (TPSA) is 68.0 Å². The van der Waals surface area contributed by atoms with Crippen LogP contribution in [-0.4, -0.2) is 67.8 Å². The molecule has 2 aromatic rings. The average molecular weight is 428 g/mol. The van der Waals surface area contributed by atoms with E-state index >= 15 is 0 Å². The van der Waals surface area contributed by atoms with E-state index < -0.39 is 0 Å². The highest BCUT2D eigenvalue weighted by atomic mass is 16.5. The number of aryl methyl sites for hydroxylation is 1. The van der Waals surface area contributed by atoms with Crippen molar-refractivity contribution < 1.29 is 18.8 Å². The molecule has 1 aromatic carbocycles. The van der Waals surface area contributed by atoms with Crippen LogP contribution < -0.4 is 9.47 Å². The maximum Gasteiger partial charge on any atom is 0.292 e. The lowest BCUT2D eigenvalue weighted by molar-refractivity contribution is 0.0571. The van der Waals surface area contributed by atoms with E-state index in [1.54, 1.807) is 14.2 Å². The number of benzene rings is 1. The molecule has 2 heterocycles. The smallest absolute Gasteiger partial charge is 0.292 e. The number of likely N-dealkylation sites (tertiary alicyclic amines) is 1. The molecule has 7 nitrogen and oxygen atoms in total. The van der Waals surface area contributed by atoms with Crippen molar-refractivity contribution in [3.8, 4) is 11.5 Å². The lowest BCUT2D eigenvalue weighted by atomic mass is 9.95. The quantitative estimate of drug-likeness (QED) is 0.675. The second-order valence-electron chi connectivity index (χ2n) is 8.61. The van der Waals surface area contributed by atoms with Crippen LogP contribution in [0.25, 0.3) is 0 Å². The Morgan fingerprint density at radius 1 is 1.19 bits per heavy atom. The van der Waals surface area contributed by atoms with Crippen molar-refractivity contribution in [3.63, 3.8) is 0 Å². The van der Waals surface area contributed by atoms with Crippen molar-refractivity contribution in [2.24, 2.45) is 0 Å². The fourth-order valence-corrected chi connectivity index (χ4v) is 4.73. The number of rotatable bonds is 7. The van der Waals surface area contributed by atoms with Gasteiger partial charge >= 0.3 is 0 Å². The van der Waals surface area contributed by atoms with Crippen molar-refractivity contribution in [2.75, 3.05) is 40.9 Å². The van der Waals surface area contributed by atoms with Gasteiger partial charge in [0.2, 0.25) is 5.76 Å². The molecule has 0 N–H and O–H groups in total. The minimum Gasteiger partial charge on any atom is -0.493 e. The van der Waals surface area contributed by atoms with Crippen LogP contribution in [0.1, 0.15) is 53.1 Å². The van der Waals surface area contributed by atoms with E-state index in [1.165, 1.54) is 5.56 Å². The molecule has 1 aliphatic heterocycles. The fourth-order valence-electron chi connectivity index (χ4n) is 4.73. The Hall–Kier alpha value is -2.54. The molecule has 0 radical (unpaired) electrons. The first-order valence-electron chi connectivity index (χ1n) is 11.3. The first kappa shape index (κ1) is 21.7. The van der Waals surface area contributed by atoms with Crippen LogP contribution in [0, 0.1) is 0 Å². The Morgan fingerprint density at radius 2 is 2.00 bits per heavy atom. The zero-order valence-electron chi connectivity index (χ0n) is 18.9. The van der Waals surface area contributed by atoms with Gasteiger partial charge in [-0.1, -0.05) is 11.2 Å². The van der Waals surface area contributed by atoms with Gasteiger partial charge in [-0.2, -0.15) is 0 Å². The standard InChI is InChI=1S/C24H33N3O4/c1-26(14-12-17-10-11-21(29-2)22(15-17)30-3)18-7-6-13-27(16-18)24(28)23-19-8-4-5-9-20(19)25-31-23/h10-11,15,18H,4-9,12-14,16H2,1-3H3. The third-order valence-electron chi connectivity index (χ3n) is 6.66. The first-order valence-corrected chi connectivity index (χ1v) is 11.3. The maximum atomic E-state index is 13.2. The summed E-state index contributed by atoms with van der Waals surface area (Å²) in [5.74, 6) is 1.99. The van der Waals surface area contributed by atoms with Crippen molar-refractivity contribution >= 4 is 5.91 Å². The molecule has 1 unspecified atom stereocenters. The third-order valence-corrected chi connectivity index (χ3v) is 6.66. The minimum atomic E-state index is 0.00800. The van der Waals surface area contributed by atoms with E-state index in [0.29, 0.717) is 11.8 Å². The van der Waals surface area contributed by atoms with Crippen LogP contribution in [0.2, 0.25) is 0 Å². The van der Waals surface area contributed by atoms with E-state index in [-0.39, 0.29) is 5.91 Å². The van der Waals surface area contributed by atoms with Gasteiger partial charge in [-0.25, -0.2) is 0 Å². The van der Waals surface area contributed by atoms with Crippen molar-refractivity contribution in [2.45, 2.75) is 51.0 Å². The normalized spacial score (nSPS) is 18.7. The largest absolute Gasteiger partial charge is 0.493 e. The lowest BCUT2D eigenvalue weighted by Crippen LogP contribution is -2.49. The van der Waals surface area contributed by atoms with Gasteiger partial charge in [-0.05, 0) is 69.7 Å². The molecule has 1 atom stereocenters. The minimum absolute atomic E-state index is 0.00800. The van der Waals surface area contributed by atoms with Gasteiger partial charge in [0, 0.05) is 31.2 Å². The van der Waals surface area contributed by atoms with E-state index in [9.17, 15) is 4.79 Å². The van der Waals surface area contributed by atoms with Crippen LogP contribution in [0.3, 0.4) is 0 Å². The van der Waals surface area contributed by atoms with Crippen LogP contribution in [0.4, 0.5) is 0 Å². The van der Waals surface area contributed by atoms with Crippen molar-refractivity contribution in [1.29, 1.82) is 0 Å². The summed E-state index contributed by atoms with van der Waals surface area (Å²) in [7, 11) is 5.46. The van der Waals surface area contributed by atoms with Gasteiger partial charge < -0.3 is 23.8 Å². The average Bonchev–Trinajstić information content (AvgIpc) is 3.26. The number of ether oxygens (including phenoxy) is 2. The van der Waals surface area contributed by atoms with Crippen LogP contribution >= 0.6 is 0 Å². The van der Waals surface area contributed by atoms with Crippen LogP contribution in [0.15, 0.2) is 22.7 Å². The summed E-state index contributed by atoms with van der Waals surface area (Å²) in [6.45, 7) is 2.44. The molecule has 1 aliphatic carbocycles. The molecular formula is C24H33N3O4. The fraction of sp³-hybridized carbons (Fsp3) is 0.583. The predicted molar refractivity (Wildman–Crippen MR) is 118 cm³/mol. The highest BCUT2D eigenvalue weighted by molar-refractivity contribution is 5.93. The first-order chi connectivity index (χ1) is 15.1. The summed E-state index contributed by atoms with van der Waals surface area (Å²) >= 11 is 0. The van der Waals surface area contributed by atoms with Crippen LogP contribution in [0.5, 0.6) is 11.5 Å². The second kappa shape index (κ2) is 9.73. The Labute approximate surface area is 184 Å². The van der Waals surface area contributed by atoms with Crippen molar-refractivity contribution in [3.05, 3.63) is 40.8 Å². The molecule has 31 heavy (non-hydrogen) atoms. The third kappa shape index (κ3) is 4.71. The maximum absolute atomic E-state index is 13.2. The zero-order valence-corrected chi connectivity index (χ0v) is 18.9. The van der Waals surface area contributed by atoms with Gasteiger partial charge in [-0.15, -0.1) is 0 Å². The Balaban J connectivity index is 1.36. The Kier molecular flexibility index (Phi) is 6.80. The number of nitrogens with zero attached hydrogens (tertiary/aromatic N) is 3. The number of carbonyl (C=O) groups excluding carboxylic acids is 1. The summed E-state index contributed by atoms with van der Waals surface area (Å²) in [4.78, 5) is 17.5. The highest BCUT2D eigenvalue weighted by Crippen LogP contribution is 2.28.